The van der Waals surface area contributed by atoms with E-state index >= 15 is 0 Å². The third-order valence-corrected chi connectivity index (χ3v) is 4.51. The lowest BCUT2D eigenvalue weighted by Gasteiger charge is -2.24. The highest BCUT2D eigenvalue weighted by Gasteiger charge is 2.37. The number of hydrogen-bond donors (Lipinski definition) is 1. The molecule has 0 aromatic heterocycles. The molecular formula is C15H19ClN2O2. The van der Waals surface area contributed by atoms with Crippen molar-refractivity contribution in [1.82, 2.24) is 10.2 Å². The molecule has 2 atom stereocenters. The van der Waals surface area contributed by atoms with E-state index in [0.717, 1.165) is 19.6 Å². The number of halogens is 1. The van der Waals surface area contributed by atoms with Crippen LogP contribution in [-0.4, -0.2) is 43.6 Å². The van der Waals surface area contributed by atoms with E-state index in [-0.39, 0.29) is 5.91 Å². The zero-order valence-electron chi connectivity index (χ0n) is 11.6. The number of carbonyl (C=O) groups excluding carboxylic acids is 1. The van der Waals surface area contributed by atoms with E-state index in [2.05, 4.69) is 5.32 Å². The molecule has 5 heteroatoms. The normalized spacial score (nSPS) is 25.4. The second-order valence-electron chi connectivity index (χ2n) is 5.52. The van der Waals surface area contributed by atoms with Gasteiger partial charge < -0.3 is 15.0 Å². The van der Waals surface area contributed by atoms with E-state index < -0.39 is 0 Å². The highest BCUT2D eigenvalue weighted by atomic mass is 35.5. The lowest BCUT2D eigenvalue weighted by atomic mass is 9.94. The van der Waals surface area contributed by atoms with E-state index in [4.69, 9.17) is 16.3 Å². The highest BCUT2D eigenvalue weighted by Crippen LogP contribution is 2.29. The van der Waals surface area contributed by atoms with Crippen LogP contribution in [0.25, 0.3) is 0 Å². The Morgan fingerprint density at radius 1 is 1.45 bits per heavy atom. The molecule has 2 unspecified atom stereocenters. The van der Waals surface area contributed by atoms with Crippen LogP contribution in [0.15, 0.2) is 18.2 Å². The summed E-state index contributed by atoms with van der Waals surface area (Å²) in [5.74, 6) is 1.18. The molecule has 1 amide bonds. The number of methoxy groups -OCH3 is 1. The number of carbonyl (C=O) groups is 1. The van der Waals surface area contributed by atoms with Gasteiger partial charge in [-0.25, -0.2) is 0 Å². The van der Waals surface area contributed by atoms with Crippen molar-refractivity contribution in [3.8, 4) is 5.75 Å². The largest absolute Gasteiger partial charge is 0.496 e. The summed E-state index contributed by atoms with van der Waals surface area (Å²) in [5, 5.41) is 4.07. The third kappa shape index (κ3) is 2.50. The number of amides is 1. The minimum absolute atomic E-state index is 0.0144. The summed E-state index contributed by atoms with van der Waals surface area (Å²) in [6.07, 6.45) is 2.40. The Balaban J connectivity index is 1.81. The van der Waals surface area contributed by atoms with Gasteiger partial charge in [0.1, 0.15) is 5.75 Å². The second kappa shape index (κ2) is 5.62. The van der Waals surface area contributed by atoms with Crippen LogP contribution in [0.1, 0.15) is 23.2 Å². The van der Waals surface area contributed by atoms with Crippen molar-refractivity contribution >= 4 is 17.5 Å². The zero-order valence-corrected chi connectivity index (χ0v) is 12.3. The zero-order chi connectivity index (χ0) is 14.1. The number of rotatable bonds is 2. The third-order valence-electron chi connectivity index (χ3n) is 4.28. The Bertz CT molecular complexity index is 507. The monoisotopic (exact) mass is 294 g/mol. The van der Waals surface area contributed by atoms with E-state index in [1.807, 2.05) is 4.90 Å². The van der Waals surface area contributed by atoms with Gasteiger partial charge in [-0.15, -0.1) is 0 Å². The van der Waals surface area contributed by atoms with Crippen LogP contribution in [0.3, 0.4) is 0 Å². The molecule has 1 aromatic rings. The van der Waals surface area contributed by atoms with Crippen molar-refractivity contribution in [1.29, 1.82) is 0 Å². The van der Waals surface area contributed by atoms with Gasteiger partial charge in [-0.3, -0.25) is 4.79 Å². The summed E-state index contributed by atoms with van der Waals surface area (Å²) >= 11 is 6.01. The van der Waals surface area contributed by atoms with E-state index in [1.54, 1.807) is 25.3 Å². The van der Waals surface area contributed by atoms with Crippen LogP contribution < -0.4 is 10.1 Å². The number of benzene rings is 1. The van der Waals surface area contributed by atoms with E-state index in [9.17, 15) is 4.79 Å². The van der Waals surface area contributed by atoms with Crippen molar-refractivity contribution in [2.24, 2.45) is 5.92 Å². The summed E-state index contributed by atoms with van der Waals surface area (Å²) in [6.45, 7) is 2.66. The number of hydrogen-bond acceptors (Lipinski definition) is 3. The average molecular weight is 295 g/mol. The fraction of sp³-hybridized carbons (Fsp3) is 0.533. The fourth-order valence-electron chi connectivity index (χ4n) is 3.23. The molecule has 1 aromatic carbocycles. The molecule has 0 spiro atoms. The van der Waals surface area contributed by atoms with E-state index in [1.165, 1.54) is 12.8 Å². The predicted molar refractivity (Wildman–Crippen MR) is 78.4 cm³/mol. The molecular weight excluding hydrogens is 276 g/mol. The summed E-state index contributed by atoms with van der Waals surface area (Å²) in [6, 6.07) is 5.62. The minimum Gasteiger partial charge on any atom is -0.496 e. The highest BCUT2D eigenvalue weighted by molar-refractivity contribution is 6.31. The van der Waals surface area contributed by atoms with E-state index in [0.29, 0.717) is 28.3 Å². The van der Waals surface area contributed by atoms with Gasteiger partial charge in [0.2, 0.25) is 0 Å². The summed E-state index contributed by atoms with van der Waals surface area (Å²) < 4.78 is 5.28. The quantitative estimate of drug-likeness (QED) is 0.909. The molecule has 0 bridgehead atoms. The molecule has 108 valence electrons. The van der Waals surface area contributed by atoms with Gasteiger partial charge in [0.15, 0.2) is 0 Å². The van der Waals surface area contributed by atoms with Crippen LogP contribution >= 0.6 is 11.6 Å². The van der Waals surface area contributed by atoms with Gasteiger partial charge in [-0.2, -0.15) is 0 Å². The molecule has 0 radical (unpaired) electrons. The molecule has 1 N–H and O–H groups in total. The number of ether oxygens (including phenoxy) is 1. The Labute approximate surface area is 124 Å². The number of nitrogens with one attached hydrogen (secondary N) is 1. The minimum atomic E-state index is 0.0144. The van der Waals surface area contributed by atoms with Gasteiger partial charge in [0.05, 0.1) is 12.7 Å². The number of likely N-dealkylation sites (tertiary alicyclic amines) is 1. The molecule has 0 aliphatic carbocycles. The van der Waals surface area contributed by atoms with Gasteiger partial charge >= 0.3 is 0 Å². The molecule has 2 fully saturated rings. The lowest BCUT2D eigenvalue weighted by molar-refractivity contribution is 0.0782. The summed E-state index contributed by atoms with van der Waals surface area (Å²) in [7, 11) is 1.57. The van der Waals surface area contributed by atoms with Crippen LogP contribution in [0.5, 0.6) is 5.75 Å². The Morgan fingerprint density at radius 2 is 2.30 bits per heavy atom. The van der Waals surface area contributed by atoms with Gasteiger partial charge in [-0.1, -0.05) is 11.6 Å². The molecule has 20 heavy (non-hydrogen) atoms. The Hall–Kier alpha value is -1.26. The predicted octanol–water partition coefficient (Wildman–Crippen LogP) is 2.17. The average Bonchev–Trinajstić information content (AvgIpc) is 2.90. The van der Waals surface area contributed by atoms with Crippen molar-refractivity contribution in [3.63, 3.8) is 0 Å². The SMILES string of the molecule is COc1ccc(Cl)cc1C(=O)N1CC2CCCNC2C1. The first-order valence-corrected chi connectivity index (χ1v) is 7.43. The Morgan fingerprint density at radius 3 is 3.05 bits per heavy atom. The molecule has 2 aliphatic rings. The van der Waals surface area contributed by atoms with Crippen molar-refractivity contribution in [3.05, 3.63) is 28.8 Å². The van der Waals surface area contributed by atoms with Crippen molar-refractivity contribution in [2.75, 3.05) is 26.7 Å². The van der Waals surface area contributed by atoms with Gasteiger partial charge in [0.25, 0.3) is 5.91 Å². The first-order chi connectivity index (χ1) is 9.69. The first kappa shape index (κ1) is 13.7. The maximum absolute atomic E-state index is 12.7. The molecule has 0 saturated carbocycles. The molecule has 2 saturated heterocycles. The van der Waals surface area contributed by atoms with Gasteiger partial charge in [0, 0.05) is 24.2 Å². The molecule has 2 heterocycles. The maximum atomic E-state index is 12.7. The lowest BCUT2D eigenvalue weighted by Crippen LogP contribution is -2.41. The van der Waals surface area contributed by atoms with Crippen LogP contribution in [0, 0.1) is 5.92 Å². The smallest absolute Gasteiger partial charge is 0.257 e. The summed E-state index contributed by atoms with van der Waals surface area (Å²) in [5.41, 5.74) is 0.554. The number of fused-ring (bicyclic) bond motifs is 1. The summed E-state index contributed by atoms with van der Waals surface area (Å²) in [4.78, 5) is 14.6. The fourth-order valence-corrected chi connectivity index (χ4v) is 3.40. The molecule has 3 rings (SSSR count). The standard InChI is InChI=1S/C15H19ClN2O2/c1-20-14-5-4-11(16)7-12(14)15(19)18-8-10-3-2-6-17-13(10)9-18/h4-5,7,10,13,17H,2-3,6,8-9H2,1H3. The maximum Gasteiger partial charge on any atom is 0.257 e. The van der Waals surface area contributed by atoms with Crippen molar-refractivity contribution in [2.45, 2.75) is 18.9 Å². The van der Waals surface area contributed by atoms with Crippen molar-refractivity contribution < 1.29 is 9.53 Å². The Kier molecular flexibility index (Phi) is 3.85. The molecule has 2 aliphatic heterocycles. The van der Waals surface area contributed by atoms with Crippen LogP contribution in [0.4, 0.5) is 0 Å². The second-order valence-corrected chi connectivity index (χ2v) is 5.95. The van der Waals surface area contributed by atoms with Crippen LogP contribution in [0.2, 0.25) is 5.02 Å². The van der Waals surface area contributed by atoms with Crippen LogP contribution in [-0.2, 0) is 0 Å². The number of piperidine rings is 1. The molecule has 4 nitrogen and oxygen atoms in total. The number of nitrogens with zero attached hydrogens (tertiary/aromatic N) is 1. The van der Waals surface area contributed by atoms with Gasteiger partial charge in [-0.05, 0) is 43.5 Å². The topological polar surface area (TPSA) is 41.6 Å². The first-order valence-electron chi connectivity index (χ1n) is 7.05.